The second kappa shape index (κ2) is 9.67. The maximum absolute atomic E-state index is 13.4. The minimum absolute atomic E-state index is 0.0278. The number of nitrogens with one attached hydrogen (secondary N) is 1. The molecule has 12 heteroatoms. The van der Waals surface area contributed by atoms with Gasteiger partial charge in [0, 0.05) is 0 Å². The molecule has 1 atom stereocenters. The van der Waals surface area contributed by atoms with Crippen molar-refractivity contribution in [2.45, 2.75) is 25.7 Å². The van der Waals surface area contributed by atoms with Gasteiger partial charge in [-0.2, -0.15) is 13.2 Å². The van der Waals surface area contributed by atoms with Crippen LogP contribution in [0.3, 0.4) is 0 Å². The summed E-state index contributed by atoms with van der Waals surface area (Å²) in [7, 11) is 0. The first-order chi connectivity index (χ1) is 15.6. The molecule has 2 aromatic carbocycles. The standard InChI is InChI=1S/C21H18F4N4O4/c1-12(13-2-4-14(5-3-13)20(31)32)26-19(30)17-18(21(23,24)25)27-28-29(17)10-11-33-16-8-6-15(22)7-9-16/h2-9,12H,10-11H2,1H3,(H,26,30)(H,31,32). The molecule has 0 saturated heterocycles. The average molecular weight is 466 g/mol. The van der Waals surface area contributed by atoms with Gasteiger partial charge in [-0.15, -0.1) is 5.10 Å². The number of nitrogens with zero attached hydrogens (tertiary/aromatic N) is 3. The molecule has 1 amide bonds. The molecule has 0 saturated carbocycles. The average Bonchev–Trinajstić information content (AvgIpc) is 3.20. The van der Waals surface area contributed by atoms with Crippen molar-refractivity contribution in [2.24, 2.45) is 0 Å². The number of rotatable bonds is 8. The maximum atomic E-state index is 13.4. The van der Waals surface area contributed by atoms with Crippen LogP contribution in [0.5, 0.6) is 5.75 Å². The summed E-state index contributed by atoms with van der Waals surface area (Å²) in [6.07, 6.45) is -4.92. The van der Waals surface area contributed by atoms with Crippen LogP contribution in [-0.4, -0.2) is 38.6 Å². The lowest BCUT2D eigenvalue weighted by Crippen LogP contribution is -2.31. The Kier molecular flexibility index (Phi) is 6.95. The highest BCUT2D eigenvalue weighted by Crippen LogP contribution is 2.30. The normalized spacial score (nSPS) is 12.3. The van der Waals surface area contributed by atoms with Crippen molar-refractivity contribution < 1.29 is 37.0 Å². The molecule has 33 heavy (non-hydrogen) atoms. The number of aromatic carboxylic acids is 1. The van der Waals surface area contributed by atoms with Crippen LogP contribution < -0.4 is 10.1 Å². The number of carbonyl (C=O) groups is 2. The molecule has 0 aliphatic heterocycles. The second-order valence-corrected chi connectivity index (χ2v) is 6.93. The summed E-state index contributed by atoms with van der Waals surface area (Å²) in [5, 5.41) is 18.0. The number of hydrogen-bond acceptors (Lipinski definition) is 5. The molecule has 0 aliphatic rings. The van der Waals surface area contributed by atoms with E-state index in [1.807, 2.05) is 0 Å². The topological polar surface area (TPSA) is 106 Å². The summed E-state index contributed by atoms with van der Waals surface area (Å²) in [5.41, 5.74) is -1.73. The van der Waals surface area contributed by atoms with Gasteiger partial charge in [-0.1, -0.05) is 17.3 Å². The summed E-state index contributed by atoms with van der Waals surface area (Å²) >= 11 is 0. The maximum Gasteiger partial charge on any atom is 0.437 e. The summed E-state index contributed by atoms with van der Waals surface area (Å²) in [4.78, 5) is 23.7. The first kappa shape index (κ1) is 23.7. The van der Waals surface area contributed by atoms with Gasteiger partial charge in [0.15, 0.2) is 11.4 Å². The van der Waals surface area contributed by atoms with Gasteiger partial charge in [-0.25, -0.2) is 13.9 Å². The van der Waals surface area contributed by atoms with E-state index in [0.29, 0.717) is 5.56 Å². The summed E-state index contributed by atoms with van der Waals surface area (Å²) in [6, 6.07) is 9.83. The van der Waals surface area contributed by atoms with E-state index in [4.69, 9.17) is 9.84 Å². The third-order valence-corrected chi connectivity index (χ3v) is 4.61. The highest BCUT2D eigenvalue weighted by atomic mass is 19.4. The molecular formula is C21H18F4N4O4. The molecule has 2 N–H and O–H groups in total. The molecule has 0 spiro atoms. The fraction of sp³-hybridized carbons (Fsp3) is 0.238. The zero-order valence-corrected chi connectivity index (χ0v) is 17.1. The number of aromatic nitrogens is 3. The largest absolute Gasteiger partial charge is 0.492 e. The van der Waals surface area contributed by atoms with E-state index in [-0.39, 0.29) is 24.5 Å². The molecule has 3 rings (SSSR count). The van der Waals surface area contributed by atoms with E-state index in [1.54, 1.807) is 0 Å². The molecule has 174 valence electrons. The van der Waals surface area contributed by atoms with Gasteiger partial charge in [-0.3, -0.25) is 4.79 Å². The van der Waals surface area contributed by atoms with E-state index in [1.165, 1.54) is 43.3 Å². The number of halogens is 4. The van der Waals surface area contributed by atoms with Crippen LogP contribution in [0.15, 0.2) is 48.5 Å². The lowest BCUT2D eigenvalue weighted by molar-refractivity contribution is -0.141. The van der Waals surface area contributed by atoms with Gasteiger partial charge in [0.05, 0.1) is 18.2 Å². The number of carboxylic acid groups (broad SMARTS) is 1. The van der Waals surface area contributed by atoms with E-state index in [2.05, 4.69) is 15.6 Å². The van der Waals surface area contributed by atoms with Crippen molar-refractivity contribution in [2.75, 3.05) is 6.61 Å². The molecule has 1 unspecified atom stereocenters. The fourth-order valence-corrected chi connectivity index (χ4v) is 2.93. The van der Waals surface area contributed by atoms with Gasteiger partial charge in [-0.05, 0) is 48.9 Å². The zero-order valence-electron chi connectivity index (χ0n) is 17.1. The molecule has 0 aliphatic carbocycles. The summed E-state index contributed by atoms with van der Waals surface area (Å²) in [6.45, 7) is 1.15. The van der Waals surface area contributed by atoms with Crippen LogP contribution in [0.25, 0.3) is 0 Å². The van der Waals surface area contributed by atoms with Gasteiger partial charge < -0.3 is 15.2 Å². The molecule has 0 bridgehead atoms. The van der Waals surface area contributed by atoms with E-state index in [9.17, 15) is 27.2 Å². The number of alkyl halides is 3. The third kappa shape index (κ3) is 5.84. The third-order valence-electron chi connectivity index (χ3n) is 4.61. The van der Waals surface area contributed by atoms with Crippen molar-refractivity contribution in [3.05, 3.63) is 76.9 Å². The molecule has 3 aromatic rings. The first-order valence-electron chi connectivity index (χ1n) is 9.59. The molecule has 1 aromatic heterocycles. The molecule has 1 heterocycles. The number of ether oxygens (including phenoxy) is 1. The predicted molar refractivity (Wildman–Crippen MR) is 106 cm³/mol. The number of carboxylic acids is 1. The van der Waals surface area contributed by atoms with Crippen molar-refractivity contribution in [3.8, 4) is 5.75 Å². The highest BCUT2D eigenvalue weighted by Gasteiger charge is 2.41. The first-order valence-corrected chi connectivity index (χ1v) is 9.59. The lowest BCUT2D eigenvalue weighted by Gasteiger charge is -2.16. The fourth-order valence-electron chi connectivity index (χ4n) is 2.93. The van der Waals surface area contributed by atoms with Crippen LogP contribution in [0.4, 0.5) is 17.6 Å². The van der Waals surface area contributed by atoms with Crippen LogP contribution in [0.1, 0.15) is 45.1 Å². The molecule has 0 radical (unpaired) electrons. The van der Waals surface area contributed by atoms with Gasteiger partial charge >= 0.3 is 12.1 Å². The van der Waals surface area contributed by atoms with E-state index >= 15 is 0 Å². The number of carbonyl (C=O) groups excluding carboxylic acids is 1. The zero-order chi connectivity index (χ0) is 24.2. The summed E-state index contributed by atoms with van der Waals surface area (Å²) in [5.74, 6) is -2.38. The smallest absolute Gasteiger partial charge is 0.437 e. The second-order valence-electron chi connectivity index (χ2n) is 6.93. The van der Waals surface area contributed by atoms with E-state index in [0.717, 1.165) is 16.8 Å². The van der Waals surface area contributed by atoms with Crippen molar-refractivity contribution >= 4 is 11.9 Å². The Labute approximate surface area is 184 Å². The Bertz CT molecular complexity index is 1130. The van der Waals surface area contributed by atoms with Crippen molar-refractivity contribution in [1.82, 2.24) is 20.3 Å². The van der Waals surface area contributed by atoms with Crippen LogP contribution in [0.2, 0.25) is 0 Å². The lowest BCUT2D eigenvalue weighted by atomic mass is 10.1. The monoisotopic (exact) mass is 466 g/mol. The Morgan fingerprint density at radius 3 is 2.33 bits per heavy atom. The minimum Gasteiger partial charge on any atom is -0.492 e. The minimum atomic E-state index is -4.92. The van der Waals surface area contributed by atoms with Gasteiger partial charge in [0.1, 0.15) is 18.2 Å². The Balaban J connectivity index is 1.76. The van der Waals surface area contributed by atoms with Gasteiger partial charge in [0.25, 0.3) is 5.91 Å². The molecular weight excluding hydrogens is 448 g/mol. The predicted octanol–water partition coefficient (Wildman–Crippen LogP) is 3.70. The van der Waals surface area contributed by atoms with E-state index < -0.39 is 41.3 Å². The van der Waals surface area contributed by atoms with Crippen LogP contribution in [0, 0.1) is 5.82 Å². The summed E-state index contributed by atoms with van der Waals surface area (Å²) < 4.78 is 59.3. The quantitative estimate of drug-likeness (QED) is 0.491. The number of benzene rings is 2. The molecule has 8 nitrogen and oxygen atoms in total. The Morgan fingerprint density at radius 1 is 1.12 bits per heavy atom. The molecule has 0 fully saturated rings. The highest BCUT2D eigenvalue weighted by molar-refractivity contribution is 5.94. The Hall–Kier alpha value is -3.96. The Morgan fingerprint density at radius 2 is 1.76 bits per heavy atom. The SMILES string of the molecule is CC(NC(=O)c1c(C(F)(F)F)nnn1CCOc1ccc(F)cc1)c1ccc(C(=O)O)cc1. The van der Waals surface area contributed by atoms with Crippen molar-refractivity contribution in [3.63, 3.8) is 0 Å². The van der Waals surface area contributed by atoms with Crippen molar-refractivity contribution in [1.29, 1.82) is 0 Å². The van der Waals surface area contributed by atoms with Gasteiger partial charge in [0.2, 0.25) is 0 Å². The van der Waals surface area contributed by atoms with Crippen LogP contribution in [-0.2, 0) is 12.7 Å². The van der Waals surface area contributed by atoms with Crippen LogP contribution >= 0.6 is 0 Å². The number of amides is 1. The number of hydrogen-bond donors (Lipinski definition) is 2.